The van der Waals surface area contributed by atoms with E-state index in [1.54, 1.807) is 0 Å². The number of hydrogen-bond acceptors (Lipinski definition) is 3. The number of hydrogen-bond donors (Lipinski definition) is 1. The summed E-state index contributed by atoms with van der Waals surface area (Å²) in [6.07, 6.45) is 5.44. The predicted octanol–water partition coefficient (Wildman–Crippen LogP) is 3.94. The first-order valence-corrected chi connectivity index (χ1v) is 8.37. The Morgan fingerprint density at radius 1 is 1.19 bits per heavy atom. The van der Waals surface area contributed by atoms with E-state index >= 15 is 0 Å². The number of likely N-dealkylation sites (N-methyl/N-ethyl adjacent to an activating group) is 1. The van der Waals surface area contributed by atoms with Gasteiger partial charge in [-0.25, -0.2) is 0 Å². The van der Waals surface area contributed by atoms with Crippen molar-refractivity contribution in [1.82, 2.24) is 5.32 Å². The summed E-state index contributed by atoms with van der Waals surface area (Å²) in [7, 11) is 0. The molecule has 0 radical (unpaired) electrons. The molecule has 1 aliphatic carbocycles. The summed E-state index contributed by atoms with van der Waals surface area (Å²) < 4.78 is 11.4. The van der Waals surface area contributed by atoms with Gasteiger partial charge in [-0.15, -0.1) is 0 Å². The Kier molecular flexibility index (Phi) is 7.04. The lowest BCUT2D eigenvalue weighted by Gasteiger charge is -2.25. The Morgan fingerprint density at radius 2 is 1.95 bits per heavy atom. The molecule has 0 aromatic heterocycles. The predicted molar refractivity (Wildman–Crippen MR) is 86.8 cm³/mol. The maximum Gasteiger partial charge on any atom is 0.119 e. The molecule has 0 heterocycles. The molecule has 3 nitrogen and oxygen atoms in total. The second kappa shape index (κ2) is 9.06. The Morgan fingerprint density at radius 3 is 2.52 bits per heavy atom. The van der Waals surface area contributed by atoms with Crippen molar-refractivity contribution in [3.05, 3.63) is 29.8 Å². The molecule has 2 rings (SSSR count). The number of ether oxygens (including phenoxy) is 2. The molecule has 0 bridgehead atoms. The lowest BCUT2D eigenvalue weighted by Crippen LogP contribution is -2.26. The summed E-state index contributed by atoms with van der Waals surface area (Å²) in [5.74, 6) is 1.86. The van der Waals surface area contributed by atoms with Crippen LogP contribution in [0.25, 0.3) is 0 Å². The third kappa shape index (κ3) is 5.33. The van der Waals surface area contributed by atoms with Crippen molar-refractivity contribution in [2.24, 2.45) is 5.92 Å². The number of nitrogens with one attached hydrogen (secondary N) is 1. The summed E-state index contributed by atoms with van der Waals surface area (Å²) in [6, 6.07) is 8.61. The normalized spacial score (nSPS) is 16.5. The van der Waals surface area contributed by atoms with Crippen molar-refractivity contribution in [1.29, 1.82) is 0 Å². The Balaban J connectivity index is 1.78. The van der Waals surface area contributed by atoms with Crippen LogP contribution in [0.3, 0.4) is 0 Å². The molecule has 1 fully saturated rings. The quantitative estimate of drug-likeness (QED) is 0.662. The van der Waals surface area contributed by atoms with Crippen LogP contribution in [-0.2, 0) is 4.74 Å². The highest BCUT2D eigenvalue weighted by Crippen LogP contribution is 2.29. The van der Waals surface area contributed by atoms with Gasteiger partial charge in [-0.2, -0.15) is 0 Å². The second-order valence-corrected chi connectivity index (χ2v) is 5.77. The van der Waals surface area contributed by atoms with E-state index < -0.39 is 0 Å². The van der Waals surface area contributed by atoms with Crippen LogP contribution in [0.2, 0.25) is 0 Å². The number of rotatable bonds is 10. The molecule has 1 aliphatic rings. The van der Waals surface area contributed by atoms with Crippen molar-refractivity contribution in [2.75, 3.05) is 26.4 Å². The van der Waals surface area contributed by atoms with Crippen molar-refractivity contribution in [3.63, 3.8) is 0 Å². The molecule has 0 amide bonds. The first-order chi connectivity index (χ1) is 10.3. The topological polar surface area (TPSA) is 30.5 Å². The Bertz CT molecular complexity index is 387. The van der Waals surface area contributed by atoms with Crippen molar-refractivity contribution in [2.45, 2.75) is 45.6 Å². The fourth-order valence-corrected chi connectivity index (χ4v) is 2.72. The molecule has 1 N–H and O–H groups in total. The van der Waals surface area contributed by atoms with Crippen LogP contribution < -0.4 is 10.1 Å². The first-order valence-electron chi connectivity index (χ1n) is 8.37. The molecule has 21 heavy (non-hydrogen) atoms. The van der Waals surface area contributed by atoms with Crippen LogP contribution in [0.15, 0.2) is 24.3 Å². The van der Waals surface area contributed by atoms with Gasteiger partial charge >= 0.3 is 0 Å². The van der Waals surface area contributed by atoms with Crippen LogP contribution in [-0.4, -0.2) is 26.4 Å². The molecule has 1 aromatic carbocycles. The summed E-state index contributed by atoms with van der Waals surface area (Å²) in [5.41, 5.74) is 1.27. The lowest BCUT2D eigenvalue weighted by atomic mass is 9.83. The van der Waals surface area contributed by atoms with Gasteiger partial charge in [0, 0.05) is 6.61 Å². The minimum Gasteiger partial charge on any atom is -0.494 e. The summed E-state index contributed by atoms with van der Waals surface area (Å²) in [5, 5.41) is 3.50. The van der Waals surface area contributed by atoms with Crippen LogP contribution in [0.5, 0.6) is 5.75 Å². The highest BCUT2D eigenvalue weighted by molar-refractivity contribution is 5.29. The van der Waals surface area contributed by atoms with Gasteiger partial charge in [0.15, 0.2) is 0 Å². The summed E-state index contributed by atoms with van der Waals surface area (Å²) in [6.45, 7) is 7.43. The first kappa shape index (κ1) is 16.3. The van der Waals surface area contributed by atoms with Gasteiger partial charge in [0.1, 0.15) is 5.75 Å². The lowest BCUT2D eigenvalue weighted by molar-refractivity contribution is 0.0891. The summed E-state index contributed by atoms with van der Waals surface area (Å²) >= 11 is 0. The van der Waals surface area contributed by atoms with Gasteiger partial charge in [-0.3, -0.25) is 0 Å². The van der Waals surface area contributed by atoms with Crippen molar-refractivity contribution in [3.8, 4) is 5.75 Å². The molecule has 1 saturated carbocycles. The van der Waals surface area contributed by atoms with Gasteiger partial charge in [-0.05, 0) is 43.5 Å². The van der Waals surface area contributed by atoms with E-state index in [0.717, 1.165) is 31.4 Å². The third-order valence-corrected chi connectivity index (χ3v) is 4.22. The average molecular weight is 291 g/mol. The minimum absolute atomic E-state index is 0.270. The van der Waals surface area contributed by atoms with Gasteiger partial charge < -0.3 is 14.8 Å². The average Bonchev–Trinajstić information content (AvgIpc) is 2.45. The molecular weight excluding hydrogens is 262 g/mol. The zero-order valence-electron chi connectivity index (χ0n) is 13.4. The van der Waals surface area contributed by atoms with E-state index in [0.29, 0.717) is 6.61 Å². The maximum absolute atomic E-state index is 5.89. The van der Waals surface area contributed by atoms with E-state index in [2.05, 4.69) is 24.4 Å². The molecule has 1 unspecified atom stereocenters. The zero-order chi connectivity index (χ0) is 14.9. The smallest absolute Gasteiger partial charge is 0.119 e. The maximum atomic E-state index is 5.89. The van der Waals surface area contributed by atoms with Gasteiger partial charge in [0.25, 0.3) is 0 Å². The molecule has 118 valence electrons. The molecule has 3 heteroatoms. The van der Waals surface area contributed by atoms with E-state index in [9.17, 15) is 0 Å². The third-order valence-electron chi connectivity index (χ3n) is 4.22. The SMILES string of the molecule is CCNC(COCCC1CCC1)c1ccc(OCC)cc1. The minimum atomic E-state index is 0.270. The van der Waals surface area contributed by atoms with E-state index in [-0.39, 0.29) is 6.04 Å². The molecule has 1 aromatic rings. The fourth-order valence-electron chi connectivity index (χ4n) is 2.72. The second-order valence-electron chi connectivity index (χ2n) is 5.77. The largest absolute Gasteiger partial charge is 0.494 e. The molecule has 0 saturated heterocycles. The van der Waals surface area contributed by atoms with Gasteiger partial charge in [0.2, 0.25) is 0 Å². The van der Waals surface area contributed by atoms with Crippen LogP contribution >= 0.6 is 0 Å². The molecular formula is C18H29NO2. The summed E-state index contributed by atoms with van der Waals surface area (Å²) in [4.78, 5) is 0. The van der Waals surface area contributed by atoms with Crippen LogP contribution in [0.1, 0.15) is 51.1 Å². The van der Waals surface area contributed by atoms with Crippen LogP contribution in [0, 0.1) is 5.92 Å². The standard InChI is InChI=1S/C18H29NO2/c1-3-19-18(14-20-13-12-15-6-5-7-15)16-8-10-17(11-9-16)21-4-2/h8-11,15,18-19H,3-7,12-14H2,1-2H3. The van der Waals surface area contributed by atoms with Crippen molar-refractivity contribution >= 4 is 0 Å². The zero-order valence-corrected chi connectivity index (χ0v) is 13.4. The van der Waals surface area contributed by atoms with Crippen molar-refractivity contribution < 1.29 is 9.47 Å². The Labute approximate surface area is 129 Å². The van der Waals surface area contributed by atoms with E-state index in [1.165, 1.54) is 31.2 Å². The van der Waals surface area contributed by atoms with Crippen LogP contribution in [0.4, 0.5) is 0 Å². The molecule has 0 aliphatic heterocycles. The molecule has 0 spiro atoms. The highest BCUT2D eigenvalue weighted by Gasteiger charge is 2.17. The van der Waals surface area contributed by atoms with E-state index in [4.69, 9.17) is 9.47 Å². The van der Waals surface area contributed by atoms with Gasteiger partial charge in [0.05, 0.1) is 19.3 Å². The Hall–Kier alpha value is -1.06. The highest BCUT2D eigenvalue weighted by atomic mass is 16.5. The number of benzene rings is 1. The monoisotopic (exact) mass is 291 g/mol. The molecule has 1 atom stereocenters. The van der Waals surface area contributed by atoms with E-state index in [1.807, 2.05) is 19.1 Å². The van der Waals surface area contributed by atoms with Gasteiger partial charge in [-0.1, -0.05) is 38.3 Å². The fraction of sp³-hybridized carbons (Fsp3) is 0.667.